The second-order valence-electron chi connectivity index (χ2n) is 8.23. The van der Waals surface area contributed by atoms with Gasteiger partial charge in [0.1, 0.15) is 5.37 Å². The minimum Gasteiger partial charge on any atom is -0.351 e. The van der Waals surface area contributed by atoms with E-state index in [1.165, 1.54) is 11.1 Å². The molecule has 4 nitrogen and oxygen atoms in total. The second-order valence-corrected chi connectivity index (χ2v) is 10.8. The van der Waals surface area contributed by atoms with Crippen LogP contribution in [0.1, 0.15) is 38.0 Å². The molecule has 176 valence electrons. The normalized spacial score (nSPS) is 15.5. The summed E-state index contributed by atoms with van der Waals surface area (Å²) < 4.78 is 0. The number of thioether (sulfide) groups is 2. The quantitative estimate of drug-likeness (QED) is 0.354. The molecule has 1 saturated heterocycles. The van der Waals surface area contributed by atoms with Crippen LogP contribution in [0, 0.1) is 6.92 Å². The minimum absolute atomic E-state index is 0.0570. The van der Waals surface area contributed by atoms with E-state index in [1.54, 1.807) is 11.8 Å². The van der Waals surface area contributed by atoms with E-state index < -0.39 is 0 Å². The van der Waals surface area contributed by atoms with E-state index in [9.17, 15) is 9.59 Å². The van der Waals surface area contributed by atoms with E-state index in [2.05, 4.69) is 36.5 Å². The molecule has 0 bridgehead atoms. The maximum Gasteiger partial charge on any atom is 0.251 e. The van der Waals surface area contributed by atoms with Crippen molar-refractivity contribution in [3.05, 3.63) is 106 Å². The number of rotatable bonds is 9. The Morgan fingerprint density at radius 1 is 1.03 bits per heavy atom. The first-order valence-corrected chi connectivity index (χ1v) is 13.7. The van der Waals surface area contributed by atoms with Crippen LogP contribution in [0.4, 0.5) is 0 Å². The van der Waals surface area contributed by atoms with Crippen LogP contribution in [0.25, 0.3) is 0 Å². The number of carbonyl (C=O) groups excluding carboxylic acids is 2. The highest BCUT2D eigenvalue weighted by Gasteiger charge is 2.32. The molecule has 1 aliphatic heterocycles. The number of hydrogen-bond acceptors (Lipinski definition) is 4. The molecule has 0 radical (unpaired) electrons. The molecule has 1 fully saturated rings. The summed E-state index contributed by atoms with van der Waals surface area (Å²) in [6, 6.07) is 23.7. The molecule has 0 aliphatic carbocycles. The van der Waals surface area contributed by atoms with Crippen molar-refractivity contribution in [3.63, 3.8) is 0 Å². The van der Waals surface area contributed by atoms with Crippen LogP contribution in [0.5, 0.6) is 0 Å². The SMILES string of the molecule is Cc1ccc(CSCCNC(=O)c2ccc([C@H]3SCC(=O)N3Cc3ccc(Cl)cc3)cc2)cc1. The number of nitrogens with one attached hydrogen (secondary N) is 1. The minimum atomic E-state index is -0.0735. The summed E-state index contributed by atoms with van der Waals surface area (Å²) in [5, 5.41) is 3.62. The van der Waals surface area contributed by atoms with Gasteiger partial charge >= 0.3 is 0 Å². The molecule has 3 aromatic carbocycles. The molecule has 0 unspecified atom stereocenters. The number of carbonyl (C=O) groups is 2. The molecule has 1 N–H and O–H groups in total. The van der Waals surface area contributed by atoms with Gasteiger partial charge in [0.15, 0.2) is 0 Å². The van der Waals surface area contributed by atoms with Gasteiger partial charge in [0.2, 0.25) is 5.91 Å². The number of halogens is 1. The molecule has 1 heterocycles. The Morgan fingerprint density at radius 2 is 1.71 bits per heavy atom. The third-order valence-electron chi connectivity index (χ3n) is 5.61. The highest BCUT2D eigenvalue weighted by molar-refractivity contribution is 8.00. The van der Waals surface area contributed by atoms with E-state index in [4.69, 9.17) is 11.6 Å². The van der Waals surface area contributed by atoms with E-state index in [0.717, 1.165) is 22.6 Å². The maximum absolute atomic E-state index is 12.5. The van der Waals surface area contributed by atoms with Gasteiger partial charge in [0.25, 0.3) is 5.91 Å². The summed E-state index contributed by atoms with van der Waals surface area (Å²) in [5.41, 5.74) is 5.26. The average Bonchev–Trinajstić information content (AvgIpc) is 3.21. The highest BCUT2D eigenvalue weighted by atomic mass is 35.5. The zero-order chi connectivity index (χ0) is 23.9. The third-order valence-corrected chi connectivity index (χ3v) is 8.15. The van der Waals surface area contributed by atoms with E-state index in [1.807, 2.05) is 65.2 Å². The van der Waals surface area contributed by atoms with E-state index in [0.29, 0.717) is 29.4 Å². The Bertz CT molecular complexity index is 1120. The lowest BCUT2D eigenvalue weighted by atomic mass is 10.1. The first-order chi connectivity index (χ1) is 16.5. The summed E-state index contributed by atoms with van der Waals surface area (Å²) in [5.74, 6) is 2.30. The molecule has 4 rings (SSSR count). The molecule has 34 heavy (non-hydrogen) atoms. The molecular weight excluding hydrogens is 484 g/mol. The molecule has 0 saturated carbocycles. The van der Waals surface area contributed by atoms with Crippen LogP contribution in [-0.2, 0) is 17.1 Å². The van der Waals surface area contributed by atoms with Crippen molar-refractivity contribution in [2.75, 3.05) is 18.1 Å². The summed E-state index contributed by atoms with van der Waals surface area (Å²) in [6.45, 7) is 3.25. The Labute approximate surface area is 214 Å². The van der Waals surface area contributed by atoms with E-state index >= 15 is 0 Å². The fraction of sp³-hybridized carbons (Fsp3) is 0.259. The molecule has 1 aliphatic rings. The van der Waals surface area contributed by atoms with Crippen LogP contribution in [0.3, 0.4) is 0 Å². The molecule has 0 aromatic heterocycles. The van der Waals surface area contributed by atoms with Gasteiger partial charge in [-0.3, -0.25) is 9.59 Å². The lowest BCUT2D eigenvalue weighted by Crippen LogP contribution is -2.28. The largest absolute Gasteiger partial charge is 0.351 e. The monoisotopic (exact) mass is 510 g/mol. The third kappa shape index (κ3) is 6.59. The van der Waals surface area contributed by atoms with Crippen molar-refractivity contribution < 1.29 is 9.59 Å². The number of nitrogens with zero attached hydrogens (tertiary/aromatic N) is 1. The van der Waals surface area contributed by atoms with Crippen LogP contribution < -0.4 is 5.32 Å². The number of aryl methyl sites for hydroxylation is 1. The second kappa shape index (κ2) is 11.8. The molecular formula is C27H27ClN2O2S2. The number of benzene rings is 3. The van der Waals surface area contributed by atoms with Crippen molar-refractivity contribution in [3.8, 4) is 0 Å². The zero-order valence-corrected chi connectivity index (χ0v) is 21.4. The predicted octanol–water partition coefficient (Wildman–Crippen LogP) is 6.09. The topological polar surface area (TPSA) is 49.4 Å². The summed E-state index contributed by atoms with van der Waals surface area (Å²) in [7, 11) is 0. The van der Waals surface area contributed by atoms with Gasteiger partial charge in [0, 0.05) is 35.2 Å². The molecule has 3 aromatic rings. The Morgan fingerprint density at radius 3 is 2.41 bits per heavy atom. The van der Waals surface area contributed by atoms with Crippen LogP contribution >= 0.6 is 35.1 Å². The molecule has 1 atom stereocenters. The van der Waals surface area contributed by atoms with Gasteiger partial charge in [-0.2, -0.15) is 11.8 Å². The van der Waals surface area contributed by atoms with Crippen LogP contribution in [0.15, 0.2) is 72.8 Å². The first kappa shape index (κ1) is 24.7. The Hall–Kier alpha value is -2.41. The van der Waals surface area contributed by atoms with Crippen molar-refractivity contribution in [2.24, 2.45) is 0 Å². The lowest BCUT2D eigenvalue weighted by Gasteiger charge is -2.24. The Balaban J connectivity index is 1.27. The average molecular weight is 511 g/mol. The number of hydrogen-bond donors (Lipinski definition) is 1. The summed E-state index contributed by atoms with van der Waals surface area (Å²) in [4.78, 5) is 26.9. The van der Waals surface area contributed by atoms with Crippen LogP contribution in [0.2, 0.25) is 5.02 Å². The molecule has 2 amide bonds. The van der Waals surface area contributed by atoms with E-state index in [-0.39, 0.29) is 17.2 Å². The van der Waals surface area contributed by atoms with Gasteiger partial charge in [-0.05, 0) is 47.9 Å². The van der Waals surface area contributed by atoms with Gasteiger partial charge in [-0.15, -0.1) is 11.8 Å². The zero-order valence-electron chi connectivity index (χ0n) is 19.0. The first-order valence-electron chi connectivity index (χ1n) is 11.2. The fourth-order valence-electron chi connectivity index (χ4n) is 3.70. The van der Waals surface area contributed by atoms with Gasteiger partial charge in [0.05, 0.1) is 5.75 Å². The summed E-state index contributed by atoms with van der Waals surface area (Å²) in [6.07, 6.45) is 0. The van der Waals surface area contributed by atoms with Gasteiger partial charge < -0.3 is 10.2 Å². The molecule has 0 spiro atoms. The van der Waals surface area contributed by atoms with Gasteiger partial charge in [-0.1, -0.05) is 65.7 Å². The van der Waals surface area contributed by atoms with Crippen LogP contribution in [-0.4, -0.2) is 34.8 Å². The summed E-state index contributed by atoms with van der Waals surface area (Å²) >= 11 is 9.40. The fourth-order valence-corrected chi connectivity index (χ4v) is 5.83. The van der Waals surface area contributed by atoms with Crippen molar-refractivity contribution in [1.82, 2.24) is 10.2 Å². The molecule has 7 heteroatoms. The van der Waals surface area contributed by atoms with Crippen molar-refractivity contribution in [1.29, 1.82) is 0 Å². The van der Waals surface area contributed by atoms with Crippen molar-refractivity contribution in [2.45, 2.75) is 24.6 Å². The maximum atomic E-state index is 12.5. The smallest absolute Gasteiger partial charge is 0.251 e. The number of amides is 2. The predicted molar refractivity (Wildman–Crippen MR) is 143 cm³/mol. The standard InChI is InChI=1S/C27H27ClN2O2S2/c1-19-2-4-21(5-3-19)17-33-15-14-29-26(32)22-8-10-23(11-9-22)27-30(25(31)18-34-27)16-20-6-12-24(28)13-7-20/h2-13,27H,14-18H2,1H3,(H,29,32)/t27-/m1/s1. The highest BCUT2D eigenvalue weighted by Crippen LogP contribution is 2.39. The lowest BCUT2D eigenvalue weighted by molar-refractivity contribution is -0.128. The van der Waals surface area contributed by atoms with Crippen molar-refractivity contribution >= 4 is 46.9 Å². The van der Waals surface area contributed by atoms with Gasteiger partial charge in [-0.25, -0.2) is 0 Å². The Kier molecular flexibility index (Phi) is 8.59.